The number of para-hydroxylation sites is 1. The first-order valence-corrected chi connectivity index (χ1v) is 7.62. The highest BCUT2D eigenvalue weighted by atomic mass is 79.9. The number of nitrogens with one attached hydrogen (secondary N) is 1. The molecular weight excluding hydrogens is 314 g/mol. The predicted octanol–water partition coefficient (Wildman–Crippen LogP) is 4.77. The van der Waals surface area contributed by atoms with E-state index in [1.54, 1.807) is 0 Å². The minimum atomic E-state index is -0.0891. The summed E-state index contributed by atoms with van der Waals surface area (Å²) in [4.78, 5) is 0. The number of halogens is 1. The van der Waals surface area contributed by atoms with E-state index >= 15 is 0 Å². The topological polar surface area (TPSA) is 21.3 Å². The van der Waals surface area contributed by atoms with Crippen LogP contribution in [-0.4, -0.2) is 5.60 Å². The molecule has 0 spiro atoms. The van der Waals surface area contributed by atoms with Crippen molar-refractivity contribution < 1.29 is 4.74 Å². The van der Waals surface area contributed by atoms with Crippen LogP contribution in [0.2, 0.25) is 0 Å². The minimum absolute atomic E-state index is 0.0891. The van der Waals surface area contributed by atoms with E-state index in [0.717, 1.165) is 28.9 Å². The summed E-state index contributed by atoms with van der Waals surface area (Å²) < 4.78 is 7.17. The summed E-state index contributed by atoms with van der Waals surface area (Å²) in [6.45, 7) is 5.05. The van der Waals surface area contributed by atoms with E-state index in [2.05, 4.69) is 65.4 Å². The fraction of sp³-hybridized carbons (Fsp3) is 0.294. The molecule has 2 aromatic rings. The summed E-state index contributed by atoms with van der Waals surface area (Å²) in [7, 11) is 0. The molecule has 0 fully saturated rings. The van der Waals surface area contributed by atoms with Gasteiger partial charge in [-0.1, -0.05) is 40.2 Å². The molecule has 1 heterocycles. The zero-order valence-corrected chi connectivity index (χ0v) is 13.3. The molecule has 1 aliphatic rings. The van der Waals surface area contributed by atoms with E-state index in [9.17, 15) is 0 Å². The van der Waals surface area contributed by atoms with Gasteiger partial charge in [-0.3, -0.25) is 0 Å². The molecule has 0 saturated heterocycles. The van der Waals surface area contributed by atoms with Gasteiger partial charge in [0.1, 0.15) is 11.4 Å². The quantitative estimate of drug-likeness (QED) is 0.874. The Morgan fingerprint density at radius 2 is 2.00 bits per heavy atom. The fourth-order valence-corrected chi connectivity index (χ4v) is 3.01. The predicted molar refractivity (Wildman–Crippen MR) is 86.3 cm³/mol. The molecule has 2 aromatic carbocycles. The number of hydrogen-bond acceptors (Lipinski definition) is 2. The van der Waals surface area contributed by atoms with Crippen molar-refractivity contribution in [2.45, 2.75) is 32.4 Å². The number of hydrogen-bond donors (Lipinski definition) is 1. The Bertz CT molecular complexity index is 637. The molecule has 0 atom stereocenters. The van der Waals surface area contributed by atoms with Crippen LogP contribution in [-0.2, 0) is 13.0 Å². The van der Waals surface area contributed by atoms with Crippen molar-refractivity contribution in [1.29, 1.82) is 0 Å². The molecule has 20 heavy (non-hydrogen) atoms. The molecule has 0 radical (unpaired) electrons. The Hall–Kier alpha value is -1.48. The van der Waals surface area contributed by atoms with Crippen molar-refractivity contribution in [3.63, 3.8) is 0 Å². The van der Waals surface area contributed by atoms with E-state index < -0.39 is 0 Å². The zero-order chi connectivity index (χ0) is 14.2. The van der Waals surface area contributed by atoms with Crippen molar-refractivity contribution in [3.8, 4) is 5.75 Å². The molecular formula is C17H18BrNO. The molecule has 3 rings (SSSR count). The van der Waals surface area contributed by atoms with Gasteiger partial charge < -0.3 is 10.1 Å². The lowest BCUT2D eigenvalue weighted by Gasteiger charge is -2.18. The van der Waals surface area contributed by atoms with E-state index in [1.165, 1.54) is 11.1 Å². The Kier molecular flexibility index (Phi) is 3.47. The van der Waals surface area contributed by atoms with Crippen molar-refractivity contribution in [2.24, 2.45) is 0 Å². The van der Waals surface area contributed by atoms with Crippen LogP contribution < -0.4 is 10.1 Å². The highest BCUT2D eigenvalue weighted by Gasteiger charge is 2.31. The van der Waals surface area contributed by atoms with E-state index in [0.29, 0.717) is 0 Å². The SMILES string of the molecule is CC1(C)Cc2cccc(CNc3cccc(Br)c3)c2O1. The lowest BCUT2D eigenvalue weighted by Crippen LogP contribution is -2.25. The first-order chi connectivity index (χ1) is 9.53. The Morgan fingerprint density at radius 1 is 1.20 bits per heavy atom. The summed E-state index contributed by atoms with van der Waals surface area (Å²) in [6, 6.07) is 14.6. The first kappa shape index (κ1) is 13.5. The van der Waals surface area contributed by atoms with Crippen LogP contribution >= 0.6 is 15.9 Å². The maximum atomic E-state index is 6.09. The first-order valence-electron chi connectivity index (χ1n) is 6.83. The Balaban J connectivity index is 1.78. The van der Waals surface area contributed by atoms with Gasteiger partial charge in [0.2, 0.25) is 0 Å². The normalized spacial score (nSPS) is 15.6. The van der Waals surface area contributed by atoms with E-state index in [4.69, 9.17) is 4.74 Å². The van der Waals surface area contributed by atoms with Gasteiger partial charge in [-0.15, -0.1) is 0 Å². The van der Waals surface area contributed by atoms with Crippen LogP contribution in [0.15, 0.2) is 46.9 Å². The maximum absolute atomic E-state index is 6.09. The number of rotatable bonds is 3. The summed E-state index contributed by atoms with van der Waals surface area (Å²) >= 11 is 3.49. The second-order valence-electron chi connectivity index (χ2n) is 5.81. The third-order valence-electron chi connectivity index (χ3n) is 3.48. The van der Waals surface area contributed by atoms with Crippen LogP contribution in [0.1, 0.15) is 25.0 Å². The summed E-state index contributed by atoms with van der Waals surface area (Å²) in [5.41, 5.74) is 3.54. The van der Waals surface area contributed by atoms with Gasteiger partial charge in [0.25, 0.3) is 0 Å². The molecule has 0 amide bonds. The average molecular weight is 332 g/mol. The van der Waals surface area contributed by atoms with Gasteiger partial charge in [0, 0.05) is 28.7 Å². The zero-order valence-electron chi connectivity index (χ0n) is 11.7. The van der Waals surface area contributed by atoms with Crippen LogP contribution in [0.3, 0.4) is 0 Å². The lowest BCUT2D eigenvalue weighted by molar-refractivity contribution is 0.137. The van der Waals surface area contributed by atoms with Crippen molar-refractivity contribution in [2.75, 3.05) is 5.32 Å². The second-order valence-corrected chi connectivity index (χ2v) is 6.72. The van der Waals surface area contributed by atoms with Gasteiger partial charge in [-0.05, 0) is 37.6 Å². The molecule has 0 saturated carbocycles. The number of anilines is 1. The second kappa shape index (κ2) is 5.13. The number of benzene rings is 2. The molecule has 0 unspecified atom stereocenters. The molecule has 0 bridgehead atoms. The Labute approximate surface area is 128 Å². The smallest absolute Gasteiger partial charge is 0.128 e. The van der Waals surface area contributed by atoms with Crippen LogP contribution in [0.25, 0.3) is 0 Å². The maximum Gasteiger partial charge on any atom is 0.128 e. The molecule has 3 heteroatoms. The van der Waals surface area contributed by atoms with Gasteiger partial charge in [0.15, 0.2) is 0 Å². The Morgan fingerprint density at radius 3 is 2.80 bits per heavy atom. The van der Waals surface area contributed by atoms with E-state index in [-0.39, 0.29) is 5.60 Å². The standard InChI is InChI=1S/C17H18BrNO/c1-17(2)10-12-5-3-6-13(16(12)20-17)11-19-15-8-4-7-14(18)9-15/h3-9,19H,10-11H2,1-2H3. The van der Waals surface area contributed by atoms with E-state index in [1.807, 2.05) is 12.1 Å². The average Bonchev–Trinajstić information content (AvgIpc) is 2.71. The van der Waals surface area contributed by atoms with Crippen molar-refractivity contribution in [1.82, 2.24) is 0 Å². The van der Waals surface area contributed by atoms with Gasteiger partial charge in [0.05, 0.1) is 0 Å². The molecule has 0 aliphatic carbocycles. The van der Waals surface area contributed by atoms with Gasteiger partial charge in [-0.2, -0.15) is 0 Å². The molecule has 2 nitrogen and oxygen atoms in total. The van der Waals surface area contributed by atoms with Crippen molar-refractivity contribution in [3.05, 3.63) is 58.1 Å². The highest BCUT2D eigenvalue weighted by molar-refractivity contribution is 9.10. The molecule has 0 aromatic heterocycles. The highest BCUT2D eigenvalue weighted by Crippen LogP contribution is 2.37. The summed E-state index contributed by atoms with van der Waals surface area (Å²) in [5.74, 6) is 1.06. The monoisotopic (exact) mass is 331 g/mol. The fourth-order valence-electron chi connectivity index (χ4n) is 2.61. The summed E-state index contributed by atoms with van der Waals surface area (Å²) in [6.07, 6.45) is 0.979. The van der Waals surface area contributed by atoms with Gasteiger partial charge >= 0.3 is 0 Å². The molecule has 1 aliphatic heterocycles. The third-order valence-corrected chi connectivity index (χ3v) is 3.97. The third kappa shape index (κ3) is 2.83. The minimum Gasteiger partial charge on any atom is -0.487 e. The van der Waals surface area contributed by atoms with Crippen LogP contribution in [0.5, 0.6) is 5.75 Å². The number of ether oxygens (including phenoxy) is 1. The van der Waals surface area contributed by atoms with Crippen molar-refractivity contribution >= 4 is 21.6 Å². The lowest BCUT2D eigenvalue weighted by atomic mass is 10.0. The molecule has 104 valence electrons. The number of fused-ring (bicyclic) bond motifs is 1. The van der Waals surface area contributed by atoms with Crippen LogP contribution in [0.4, 0.5) is 5.69 Å². The largest absolute Gasteiger partial charge is 0.487 e. The molecule has 1 N–H and O–H groups in total. The summed E-state index contributed by atoms with van der Waals surface area (Å²) in [5, 5.41) is 3.45. The van der Waals surface area contributed by atoms with Gasteiger partial charge in [-0.25, -0.2) is 0 Å². The van der Waals surface area contributed by atoms with Crippen LogP contribution in [0, 0.1) is 0 Å².